The number of nitrogens with zero attached hydrogens (tertiary/aromatic N) is 6. The van der Waals surface area contributed by atoms with Crippen molar-refractivity contribution in [1.29, 1.82) is 5.26 Å². The Hall–Kier alpha value is -3.79. The third-order valence-corrected chi connectivity index (χ3v) is 4.88. The third kappa shape index (κ3) is 3.52. The van der Waals surface area contributed by atoms with Gasteiger partial charge in [0.25, 0.3) is 0 Å². The summed E-state index contributed by atoms with van der Waals surface area (Å²) < 4.78 is 2.06. The highest BCUT2D eigenvalue weighted by Gasteiger charge is 2.26. The van der Waals surface area contributed by atoms with Gasteiger partial charge in [0.15, 0.2) is 5.82 Å². The summed E-state index contributed by atoms with van der Waals surface area (Å²) in [6.07, 6.45) is 6.32. The topological polar surface area (TPSA) is 106 Å². The van der Waals surface area contributed by atoms with Gasteiger partial charge in [0, 0.05) is 35.1 Å². The zero-order chi connectivity index (χ0) is 20.4. The first-order valence-electron chi connectivity index (χ1n) is 9.48. The van der Waals surface area contributed by atoms with Gasteiger partial charge in [-0.2, -0.15) is 10.4 Å². The monoisotopic (exact) mass is 383 g/mol. The van der Waals surface area contributed by atoms with E-state index in [1.54, 1.807) is 6.08 Å². The van der Waals surface area contributed by atoms with Gasteiger partial charge in [0.2, 0.25) is 0 Å². The summed E-state index contributed by atoms with van der Waals surface area (Å²) in [7, 11) is 0. The maximum absolute atomic E-state index is 9.03. The molecule has 0 bridgehead atoms. The van der Waals surface area contributed by atoms with E-state index in [2.05, 4.69) is 33.7 Å². The van der Waals surface area contributed by atoms with Crippen LogP contribution in [0.1, 0.15) is 29.1 Å². The first-order valence-corrected chi connectivity index (χ1v) is 9.48. The predicted molar refractivity (Wildman–Crippen MR) is 113 cm³/mol. The molecule has 0 aromatic carbocycles. The number of nitriles is 1. The number of aliphatic imine (C=N–C) groups is 1. The Kier molecular flexibility index (Phi) is 4.92. The van der Waals surface area contributed by atoms with Gasteiger partial charge in [0.1, 0.15) is 5.69 Å². The minimum atomic E-state index is 0.490. The predicted octanol–water partition coefficient (Wildman–Crippen LogP) is 3.73. The molecule has 3 aromatic heterocycles. The van der Waals surface area contributed by atoms with Gasteiger partial charge in [-0.25, -0.2) is 9.98 Å². The second-order valence-corrected chi connectivity index (χ2v) is 7.01. The van der Waals surface area contributed by atoms with Crippen molar-refractivity contribution in [2.45, 2.75) is 33.2 Å². The van der Waals surface area contributed by atoms with Gasteiger partial charge in [-0.1, -0.05) is 0 Å². The van der Waals surface area contributed by atoms with Crippen LogP contribution in [-0.2, 0) is 13.0 Å². The van der Waals surface area contributed by atoms with Crippen molar-refractivity contribution in [1.82, 2.24) is 19.7 Å². The molecule has 0 saturated heterocycles. The molecule has 4 rings (SSSR count). The van der Waals surface area contributed by atoms with Crippen LogP contribution < -0.4 is 5.73 Å². The summed E-state index contributed by atoms with van der Waals surface area (Å²) in [5.41, 5.74) is 13.0. The fourth-order valence-electron chi connectivity index (χ4n) is 3.82. The lowest BCUT2D eigenvalue weighted by atomic mass is 9.97. The summed E-state index contributed by atoms with van der Waals surface area (Å²) in [5.74, 6) is 0.490. The molecular weight excluding hydrogens is 362 g/mol. The number of pyridine rings is 2. The van der Waals surface area contributed by atoms with Gasteiger partial charge in [-0.3, -0.25) is 9.67 Å². The second-order valence-electron chi connectivity index (χ2n) is 7.01. The van der Waals surface area contributed by atoms with Crippen LogP contribution in [0.4, 0.5) is 5.82 Å². The zero-order valence-electron chi connectivity index (χ0n) is 16.4. The van der Waals surface area contributed by atoms with Crippen molar-refractivity contribution in [2.24, 2.45) is 10.7 Å². The van der Waals surface area contributed by atoms with E-state index in [1.165, 1.54) is 18.1 Å². The Balaban J connectivity index is 1.98. The Bertz CT molecular complexity index is 1160. The number of aromatic nitrogens is 4. The standard InChI is InChI=1S/C22H21N7/c1-14-11-15(2)26-18(12-14)22-21(19-6-4-10-29(19)28-22)16-7-8-20(25-13-24)27-17(16)5-3-9-23/h3,5,7-8,11-13H,4,6,10H2,1-2H3,(H2,24,25,27)/b5-3+. The van der Waals surface area contributed by atoms with Gasteiger partial charge >= 0.3 is 0 Å². The van der Waals surface area contributed by atoms with E-state index < -0.39 is 0 Å². The first-order chi connectivity index (χ1) is 14.1. The van der Waals surface area contributed by atoms with Gasteiger partial charge in [-0.05, 0) is 62.6 Å². The van der Waals surface area contributed by atoms with Gasteiger partial charge < -0.3 is 5.73 Å². The Morgan fingerprint density at radius 1 is 1.24 bits per heavy atom. The molecule has 1 aliphatic rings. The minimum absolute atomic E-state index is 0.490. The molecule has 0 atom stereocenters. The molecule has 0 unspecified atom stereocenters. The van der Waals surface area contributed by atoms with Crippen molar-refractivity contribution in [2.75, 3.05) is 0 Å². The Morgan fingerprint density at radius 3 is 2.86 bits per heavy atom. The first kappa shape index (κ1) is 18.6. The highest BCUT2D eigenvalue weighted by atomic mass is 15.3. The maximum Gasteiger partial charge on any atom is 0.154 e. The molecule has 4 heterocycles. The van der Waals surface area contributed by atoms with E-state index in [0.717, 1.165) is 53.2 Å². The molecule has 2 N–H and O–H groups in total. The van der Waals surface area contributed by atoms with Crippen molar-refractivity contribution < 1.29 is 0 Å². The summed E-state index contributed by atoms with van der Waals surface area (Å²) in [4.78, 5) is 13.4. The molecule has 7 nitrogen and oxygen atoms in total. The van der Waals surface area contributed by atoms with Crippen molar-refractivity contribution in [3.63, 3.8) is 0 Å². The molecule has 3 aromatic rings. The summed E-state index contributed by atoms with van der Waals surface area (Å²) >= 11 is 0. The van der Waals surface area contributed by atoms with Crippen molar-refractivity contribution >= 4 is 18.2 Å². The van der Waals surface area contributed by atoms with Gasteiger partial charge in [0.05, 0.1) is 23.8 Å². The molecule has 0 spiro atoms. The highest BCUT2D eigenvalue weighted by Crippen LogP contribution is 2.39. The fraction of sp³-hybridized carbons (Fsp3) is 0.227. The van der Waals surface area contributed by atoms with Crippen LogP contribution in [-0.4, -0.2) is 26.1 Å². The molecule has 144 valence electrons. The number of aryl methyl sites for hydroxylation is 3. The third-order valence-electron chi connectivity index (χ3n) is 4.88. The number of rotatable bonds is 4. The minimum Gasteiger partial charge on any atom is -0.390 e. The lowest BCUT2D eigenvalue weighted by molar-refractivity contribution is 0.658. The van der Waals surface area contributed by atoms with Crippen LogP contribution in [0.5, 0.6) is 0 Å². The largest absolute Gasteiger partial charge is 0.390 e. The Morgan fingerprint density at radius 2 is 2.10 bits per heavy atom. The Labute approximate surface area is 169 Å². The van der Waals surface area contributed by atoms with E-state index in [4.69, 9.17) is 21.1 Å². The quantitative estimate of drug-likeness (QED) is 0.420. The van der Waals surface area contributed by atoms with Crippen LogP contribution in [0.3, 0.4) is 0 Å². The van der Waals surface area contributed by atoms with Crippen LogP contribution in [0.15, 0.2) is 35.3 Å². The fourth-order valence-corrected chi connectivity index (χ4v) is 3.82. The normalized spacial score (nSPS) is 13.3. The molecule has 0 aliphatic carbocycles. The molecule has 1 aliphatic heterocycles. The lowest BCUT2D eigenvalue weighted by Gasteiger charge is -2.10. The van der Waals surface area contributed by atoms with Crippen LogP contribution in [0, 0.1) is 25.2 Å². The molecule has 0 radical (unpaired) electrons. The SMILES string of the molecule is Cc1cc(C)nc(-c2nn3c(c2-c2ccc(N=CN)nc2/C=C/C#N)CCC3)c1. The summed E-state index contributed by atoms with van der Waals surface area (Å²) in [6, 6.07) is 9.93. The molecule has 0 amide bonds. The maximum atomic E-state index is 9.03. The van der Waals surface area contributed by atoms with Gasteiger partial charge in [-0.15, -0.1) is 0 Å². The zero-order valence-corrected chi connectivity index (χ0v) is 16.4. The van der Waals surface area contributed by atoms with E-state index >= 15 is 0 Å². The molecule has 29 heavy (non-hydrogen) atoms. The smallest absolute Gasteiger partial charge is 0.154 e. The average molecular weight is 383 g/mol. The van der Waals surface area contributed by atoms with E-state index in [-0.39, 0.29) is 0 Å². The van der Waals surface area contributed by atoms with Crippen molar-refractivity contribution in [3.05, 3.63) is 53.0 Å². The highest BCUT2D eigenvalue weighted by molar-refractivity contribution is 5.86. The average Bonchev–Trinajstić information content (AvgIpc) is 3.27. The van der Waals surface area contributed by atoms with E-state index in [1.807, 2.05) is 25.1 Å². The molecule has 7 heteroatoms. The van der Waals surface area contributed by atoms with Crippen LogP contribution >= 0.6 is 0 Å². The number of fused-ring (bicyclic) bond motifs is 1. The molecule has 0 fully saturated rings. The summed E-state index contributed by atoms with van der Waals surface area (Å²) in [5, 5.41) is 13.9. The molecular formula is C22H21N7. The van der Waals surface area contributed by atoms with E-state index in [0.29, 0.717) is 11.5 Å². The second kappa shape index (κ2) is 7.68. The van der Waals surface area contributed by atoms with Crippen molar-refractivity contribution in [3.8, 4) is 28.6 Å². The van der Waals surface area contributed by atoms with Crippen LogP contribution in [0.2, 0.25) is 0 Å². The van der Waals surface area contributed by atoms with E-state index in [9.17, 15) is 0 Å². The number of allylic oxidation sites excluding steroid dienone is 1. The number of hydrogen-bond acceptors (Lipinski definition) is 5. The number of hydrogen-bond donors (Lipinski definition) is 1. The molecule has 0 saturated carbocycles. The van der Waals surface area contributed by atoms with Crippen LogP contribution in [0.25, 0.3) is 28.6 Å². The number of nitrogens with two attached hydrogens (primary N) is 1. The summed E-state index contributed by atoms with van der Waals surface area (Å²) in [6.45, 7) is 4.94. The lowest BCUT2D eigenvalue weighted by Crippen LogP contribution is -1.96.